The molecule has 0 aliphatic heterocycles. The second kappa shape index (κ2) is 7.35. The average molecular weight is 226 g/mol. The van der Waals surface area contributed by atoms with Crippen molar-refractivity contribution in [3.63, 3.8) is 0 Å². The van der Waals surface area contributed by atoms with Crippen molar-refractivity contribution in [2.24, 2.45) is 13.0 Å². The van der Waals surface area contributed by atoms with Gasteiger partial charge in [0.1, 0.15) is 0 Å². The smallest absolute Gasteiger partial charge is 0.0964 e. The summed E-state index contributed by atoms with van der Waals surface area (Å²) in [5.41, 5.74) is 0.960. The maximum Gasteiger partial charge on any atom is 0.0964 e. The Bertz CT molecular complexity index is 281. The first-order valence-electron chi connectivity index (χ1n) is 5.93. The zero-order valence-electron chi connectivity index (χ0n) is 10.2. The van der Waals surface area contributed by atoms with Gasteiger partial charge >= 0.3 is 0 Å². The predicted molar refractivity (Wildman–Crippen MR) is 62.8 cm³/mol. The number of nitrogens with one attached hydrogen (secondary N) is 1. The first kappa shape index (κ1) is 13.1. The fourth-order valence-corrected chi connectivity index (χ4v) is 1.82. The van der Waals surface area contributed by atoms with E-state index in [1.807, 2.05) is 13.2 Å². The van der Waals surface area contributed by atoms with E-state index in [0.29, 0.717) is 5.92 Å². The Morgan fingerprint density at radius 2 is 2.31 bits per heavy atom. The minimum Gasteiger partial charge on any atom is -0.396 e. The summed E-state index contributed by atoms with van der Waals surface area (Å²) < 4.78 is 1.70. The van der Waals surface area contributed by atoms with Crippen LogP contribution in [0, 0.1) is 5.92 Å². The first-order chi connectivity index (χ1) is 7.76. The molecule has 0 amide bonds. The highest BCUT2D eigenvalue weighted by Crippen LogP contribution is 2.09. The van der Waals surface area contributed by atoms with Crippen LogP contribution in [0.5, 0.6) is 0 Å². The Hall–Kier alpha value is -0.940. The van der Waals surface area contributed by atoms with Crippen LogP contribution in [0.15, 0.2) is 6.20 Å². The molecule has 5 heteroatoms. The van der Waals surface area contributed by atoms with Crippen LogP contribution in [0.3, 0.4) is 0 Å². The molecular formula is C11H22N4O. The van der Waals surface area contributed by atoms with Gasteiger partial charge in [0.05, 0.1) is 5.69 Å². The predicted octanol–water partition coefficient (Wildman–Crippen LogP) is 0.703. The molecule has 1 aromatic rings. The molecule has 0 saturated heterocycles. The molecule has 1 unspecified atom stereocenters. The van der Waals surface area contributed by atoms with E-state index in [1.54, 1.807) is 4.68 Å². The topological polar surface area (TPSA) is 63.0 Å². The van der Waals surface area contributed by atoms with Gasteiger partial charge in [-0.25, -0.2) is 0 Å². The average Bonchev–Trinajstić information content (AvgIpc) is 2.65. The minimum atomic E-state index is 0.275. The van der Waals surface area contributed by atoms with Crippen molar-refractivity contribution in [2.45, 2.75) is 32.7 Å². The Morgan fingerprint density at radius 1 is 1.50 bits per heavy atom. The number of aliphatic hydroxyl groups is 1. The second-order valence-electron chi connectivity index (χ2n) is 4.18. The summed E-state index contributed by atoms with van der Waals surface area (Å²) in [5.74, 6) is 0.562. The highest BCUT2D eigenvalue weighted by molar-refractivity contribution is 4.90. The summed E-state index contributed by atoms with van der Waals surface area (Å²) in [7, 11) is 1.86. The van der Waals surface area contributed by atoms with Crippen molar-refractivity contribution < 1.29 is 5.11 Å². The van der Waals surface area contributed by atoms with Crippen LogP contribution in [-0.2, 0) is 13.6 Å². The third kappa shape index (κ3) is 4.72. The Balaban J connectivity index is 2.21. The lowest BCUT2D eigenvalue weighted by molar-refractivity contribution is 0.248. The number of nitrogens with zero attached hydrogens (tertiary/aromatic N) is 3. The first-order valence-corrected chi connectivity index (χ1v) is 5.93. The van der Waals surface area contributed by atoms with Gasteiger partial charge in [0, 0.05) is 26.4 Å². The molecule has 0 aromatic carbocycles. The number of aromatic nitrogens is 3. The molecule has 0 saturated carbocycles. The number of aryl methyl sites for hydroxylation is 1. The van der Waals surface area contributed by atoms with Crippen LogP contribution >= 0.6 is 0 Å². The second-order valence-corrected chi connectivity index (χ2v) is 4.18. The van der Waals surface area contributed by atoms with E-state index >= 15 is 0 Å². The normalized spacial score (nSPS) is 12.9. The van der Waals surface area contributed by atoms with E-state index < -0.39 is 0 Å². The van der Waals surface area contributed by atoms with Crippen LogP contribution < -0.4 is 5.32 Å². The van der Waals surface area contributed by atoms with Crippen molar-refractivity contribution in [1.82, 2.24) is 20.3 Å². The van der Waals surface area contributed by atoms with Gasteiger partial charge in [0.15, 0.2) is 0 Å². The van der Waals surface area contributed by atoms with E-state index in [-0.39, 0.29) is 6.61 Å². The zero-order valence-corrected chi connectivity index (χ0v) is 10.2. The zero-order chi connectivity index (χ0) is 11.8. The number of aliphatic hydroxyl groups excluding tert-OH is 1. The lowest BCUT2D eigenvalue weighted by Gasteiger charge is -2.14. The molecule has 0 aliphatic carbocycles. The summed E-state index contributed by atoms with van der Waals surface area (Å²) in [6.45, 7) is 4.13. The molecule has 5 nitrogen and oxygen atoms in total. The maximum atomic E-state index is 8.93. The summed E-state index contributed by atoms with van der Waals surface area (Å²) in [4.78, 5) is 0. The summed E-state index contributed by atoms with van der Waals surface area (Å²) in [5, 5.41) is 20.2. The molecule has 1 rings (SSSR count). The fraction of sp³-hybridized carbons (Fsp3) is 0.818. The van der Waals surface area contributed by atoms with Gasteiger partial charge in [-0.2, -0.15) is 0 Å². The molecule has 0 fully saturated rings. The third-order valence-corrected chi connectivity index (χ3v) is 2.62. The van der Waals surface area contributed by atoms with E-state index in [1.165, 1.54) is 0 Å². The van der Waals surface area contributed by atoms with Gasteiger partial charge in [-0.1, -0.05) is 18.6 Å². The van der Waals surface area contributed by atoms with Crippen LogP contribution in [0.4, 0.5) is 0 Å². The van der Waals surface area contributed by atoms with Gasteiger partial charge in [0.25, 0.3) is 0 Å². The van der Waals surface area contributed by atoms with Crippen molar-refractivity contribution >= 4 is 0 Å². The number of hydrogen-bond acceptors (Lipinski definition) is 4. The standard InChI is InChI=1S/C11H22N4O/c1-3-4-10(5-6-16)7-12-8-11-9-15(2)14-13-11/h9-10,12,16H,3-8H2,1-2H3. The molecule has 1 atom stereocenters. The van der Waals surface area contributed by atoms with Crippen molar-refractivity contribution in [2.75, 3.05) is 13.2 Å². The molecule has 16 heavy (non-hydrogen) atoms. The van der Waals surface area contributed by atoms with Crippen LogP contribution in [-0.4, -0.2) is 33.3 Å². The Morgan fingerprint density at radius 3 is 2.88 bits per heavy atom. The van der Waals surface area contributed by atoms with Crippen LogP contribution in [0.1, 0.15) is 31.9 Å². The van der Waals surface area contributed by atoms with Crippen LogP contribution in [0.25, 0.3) is 0 Å². The van der Waals surface area contributed by atoms with Gasteiger partial charge in [0.2, 0.25) is 0 Å². The molecule has 0 aliphatic rings. The van der Waals surface area contributed by atoms with E-state index in [2.05, 4.69) is 22.6 Å². The number of hydrogen-bond donors (Lipinski definition) is 2. The highest BCUT2D eigenvalue weighted by Gasteiger charge is 2.07. The molecule has 0 bridgehead atoms. The lowest BCUT2D eigenvalue weighted by Crippen LogP contribution is -2.23. The molecule has 1 aromatic heterocycles. The van der Waals surface area contributed by atoms with Gasteiger partial charge < -0.3 is 10.4 Å². The van der Waals surface area contributed by atoms with Gasteiger partial charge in [-0.15, -0.1) is 5.10 Å². The van der Waals surface area contributed by atoms with Crippen molar-refractivity contribution in [3.8, 4) is 0 Å². The fourth-order valence-electron chi connectivity index (χ4n) is 1.82. The lowest BCUT2D eigenvalue weighted by atomic mass is 10.0. The Labute approximate surface area is 96.9 Å². The quantitative estimate of drug-likeness (QED) is 0.685. The van der Waals surface area contributed by atoms with Crippen LogP contribution in [0.2, 0.25) is 0 Å². The summed E-state index contributed by atoms with van der Waals surface area (Å²) >= 11 is 0. The van der Waals surface area contributed by atoms with Gasteiger partial charge in [-0.05, 0) is 25.3 Å². The third-order valence-electron chi connectivity index (χ3n) is 2.62. The summed E-state index contributed by atoms with van der Waals surface area (Å²) in [6, 6.07) is 0. The van der Waals surface area contributed by atoms with Gasteiger partial charge in [-0.3, -0.25) is 4.68 Å². The molecule has 2 N–H and O–H groups in total. The van der Waals surface area contributed by atoms with E-state index in [9.17, 15) is 0 Å². The highest BCUT2D eigenvalue weighted by atomic mass is 16.3. The number of rotatable bonds is 8. The molecule has 92 valence electrons. The minimum absolute atomic E-state index is 0.275. The maximum absolute atomic E-state index is 8.93. The molecular weight excluding hydrogens is 204 g/mol. The van der Waals surface area contributed by atoms with E-state index in [0.717, 1.165) is 38.0 Å². The summed E-state index contributed by atoms with van der Waals surface area (Å²) in [6.07, 6.45) is 5.11. The van der Waals surface area contributed by atoms with Crippen molar-refractivity contribution in [1.29, 1.82) is 0 Å². The monoisotopic (exact) mass is 226 g/mol. The molecule has 1 heterocycles. The van der Waals surface area contributed by atoms with E-state index in [4.69, 9.17) is 5.11 Å². The van der Waals surface area contributed by atoms with Crippen molar-refractivity contribution in [3.05, 3.63) is 11.9 Å². The largest absolute Gasteiger partial charge is 0.396 e. The molecule has 0 spiro atoms. The Kier molecular flexibility index (Phi) is 6.03. The SMILES string of the molecule is CCCC(CCO)CNCc1cn(C)nn1. The molecule has 0 radical (unpaired) electrons.